The minimum atomic E-state index is -0.618. The van der Waals surface area contributed by atoms with Crippen molar-refractivity contribution in [3.63, 3.8) is 0 Å². The van der Waals surface area contributed by atoms with E-state index >= 15 is 0 Å². The Morgan fingerprint density at radius 2 is 1.65 bits per heavy atom. The molecule has 4 rings (SSSR count). The molecule has 2 aliphatic rings. The van der Waals surface area contributed by atoms with Crippen LogP contribution in [0.15, 0.2) is 24.5 Å². The number of aliphatic hydroxyl groups excluding tert-OH is 1. The number of hydrogen-bond acceptors (Lipinski definition) is 6. The molecule has 2 fully saturated rings. The average molecular weight is 475 g/mol. The van der Waals surface area contributed by atoms with E-state index in [4.69, 9.17) is 4.74 Å². The highest BCUT2D eigenvalue weighted by molar-refractivity contribution is 5.34. The van der Waals surface area contributed by atoms with Crippen LogP contribution in [0.2, 0.25) is 0 Å². The predicted octanol–water partition coefficient (Wildman–Crippen LogP) is 4.32. The van der Waals surface area contributed by atoms with E-state index in [0.29, 0.717) is 37.4 Å². The third-order valence-corrected chi connectivity index (χ3v) is 7.05. The lowest BCUT2D eigenvalue weighted by Gasteiger charge is -2.33. The maximum Gasteiger partial charge on any atom is 0.225 e. The molecular formula is C26H36F2N4O2. The van der Waals surface area contributed by atoms with Gasteiger partial charge in [-0.05, 0) is 74.9 Å². The van der Waals surface area contributed by atoms with Crippen LogP contribution in [-0.2, 0) is 6.42 Å². The third kappa shape index (κ3) is 6.21. The van der Waals surface area contributed by atoms with Gasteiger partial charge in [-0.2, -0.15) is 0 Å². The van der Waals surface area contributed by atoms with Crippen LogP contribution in [0, 0.1) is 11.6 Å². The zero-order valence-corrected chi connectivity index (χ0v) is 20.2. The highest BCUT2D eigenvalue weighted by atomic mass is 19.1. The number of halogens is 2. The van der Waals surface area contributed by atoms with E-state index in [0.717, 1.165) is 50.9 Å². The molecule has 0 radical (unpaired) electrons. The van der Waals surface area contributed by atoms with Crippen molar-refractivity contribution in [2.75, 3.05) is 37.6 Å². The minimum absolute atomic E-state index is 0.142. The second kappa shape index (κ2) is 11.4. The summed E-state index contributed by atoms with van der Waals surface area (Å²) in [5.74, 6) is -0.669. The molecule has 1 aromatic heterocycles. The molecule has 2 aromatic rings. The lowest BCUT2D eigenvalue weighted by molar-refractivity contribution is 0.142. The summed E-state index contributed by atoms with van der Waals surface area (Å²) in [6, 6.07) is 2.90. The van der Waals surface area contributed by atoms with Gasteiger partial charge >= 0.3 is 0 Å². The van der Waals surface area contributed by atoms with Crippen LogP contribution in [0.3, 0.4) is 0 Å². The number of hydrogen-bond donors (Lipinski definition) is 1. The number of aliphatic hydroxyl groups is 1. The molecule has 2 saturated heterocycles. The van der Waals surface area contributed by atoms with Crippen molar-refractivity contribution in [2.24, 2.45) is 0 Å². The zero-order valence-electron chi connectivity index (χ0n) is 20.2. The number of rotatable bonds is 8. The molecule has 0 unspecified atom stereocenters. The first-order valence-corrected chi connectivity index (χ1v) is 12.5. The van der Waals surface area contributed by atoms with E-state index in [1.165, 1.54) is 12.1 Å². The second-order valence-corrected chi connectivity index (χ2v) is 9.62. The largest absolute Gasteiger partial charge is 0.484 e. The Hall–Kier alpha value is -2.32. The van der Waals surface area contributed by atoms with E-state index in [9.17, 15) is 13.9 Å². The summed E-state index contributed by atoms with van der Waals surface area (Å²) in [5, 5.41) is 9.47. The van der Waals surface area contributed by atoms with Gasteiger partial charge in [0.2, 0.25) is 5.95 Å². The smallest absolute Gasteiger partial charge is 0.225 e. The summed E-state index contributed by atoms with van der Waals surface area (Å²) in [6.07, 6.45) is 7.82. The fourth-order valence-corrected chi connectivity index (χ4v) is 4.82. The van der Waals surface area contributed by atoms with E-state index in [1.807, 2.05) is 12.4 Å². The summed E-state index contributed by atoms with van der Waals surface area (Å²) in [5.41, 5.74) is 1.80. The predicted molar refractivity (Wildman–Crippen MR) is 128 cm³/mol. The zero-order chi connectivity index (χ0) is 24.1. The number of likely N-dealkylation sites (tertiary alicyclic amines) is 1. The van der Waals surface area contributed by atoms with E-state index in [1.54, 1.807) is 6.92 Å². The molecule has 1 aromatic carbocycles. The average Bonchev–Trinajstić information content (AvgIpc) is 2.85. The molecular weight excluding hydrogens is 438 g/mol. The van der Waals surface area contributed by atoms with Gasteiger partial charge in [0, 0.05) is 44.9 Å². The summed E-state index contributed by atoms with van der Waals surface area (Å²) in [7, 11) is 0. The van der Waals surface area contributed by atoms with Gasteiger partial charge < -0.3 is 19.6 Å². The topological polar surface area (TPSA) is 61.7 Å². The van der Waals surface area contributed by atoms with Crippen LogP contribution < -0.4 is 9.64 Å². The Morgan fingerprint density at radius 3 is 2.21 bits per heavy atom. The van der Waals surface area contributed by atoms with Crippen molar-refractivity contribution in [1.82, 2.24) is 14.9 Å². The Labute approximate surface area is 201 Å². The monoisotopic (exact) mass is 474 g/mol. The molecule has 0 amide bonds. The maximum absolute atomic E-state index is 14.9. The molecule has 8 heteroatoms. The van der Waals surface area contributed by atoms with Gasteiger partial charge in [0.15, 0.2) is 17.4 Å². The molecule has 0 saturated carbocycles. The first kappa shape index (κ1) is 24.8. The Kier molecular flexibility index (Phi) is 8.32. The van der Waals surface area contributed by atoms with Crippen LogP contribution in [0.5, 0.6) is 5.75 Å². The lowest BCUT2D eigenvalue weighted by Crippen LogP contribution is -2.39. The normalized spacial score (nSPS) is 19.4. The molecule has 6 nitrogen and oxygen atoms in total. The first-order valence-electron chi connectivity index (χ1n) is 12.5. The van der Waals surface area contributed by atoms with E-state index < -0.39 is 11.6 Å². The van der Waals surface area contributed by atoms with Crippen LogP contribution in [0.25, 0.3) is 0 Å². The minimum Gasteiger partial charge on any atom is -0.484 e. The maximum atomic E-state index is 14.9. The number of piperidine rings is 2. The molecule has 34 heavy (non-hydrogen) atoms. The molecule has 1 atom stereocenters. The Bertz CT molecular complexity index is 902. The number of aromatic nitrogens is 2. The van der Waals surface area contributed by atoms with E-state index in [2.05, 4.69) is 26.7 Å². The van der Waals surface area contributed by atoms with Gasteiger partial charge in [0.05, 0.1) is 6.10 Å². The second-order valence-electron chi connectivity index (χ2n) is 9.62. The van der Waals surface area contributed by atoms with Crippen molar-refractivity contribution >= 4 is 5.95 Å². The molecule has 2 aliphatic heterocycles. The standard InChI is InChI=1S/C26H36F2N4O2/c1-3-19-16-29-26(30-17-19)32-12-7-22(8-13-32)34-25-23(27)14-21(15-24(25)28)20-5-10-31(11-6-20)9-4-18(2)33/h14-18,20,22,33H,3-13H2,1-2H3/t18-/m0/s1. The van der Waals surface area contributed by atoms with Crippen LogP contribution in [0.4, 0.5) is 14.7 Å². The van der Waals surface area contributed by atoms with Gasteiger partial charge in [-0.15, -0.1) is 0 Å². The van der Waals surface area contributed by atoms with Gasteiger partial charge in [-0.1, -0.05) is 6.92 Å². The van der Waals surface area contributed by atoms with E-state index in [-0.39, 0.29) is 23.9 Å². The van der Waals surface area contributed by atoms with Crippen molar-refractivity contribution < 1.29 is 18.6 Å². The summed E-state index contributed by atoms with van der Waals surface area (Å²) < 4.78 is 35.6. The number of anilines is 1. The quantitative estimate of drug-likeness (QED) is 0.615. The number of aryl methyl sites for hydroxylation is 1. The number of benzene rings is 1. The van der Waals surface area contributed by atoms with Crippen LogP contribution >= 0.6 is 0 Å². The molecule has 1 N–H and O–H groups in total. The highest BCUT2D eigenvalue weighted by Crippen LogP contribution is 2.34. The fourth-order valence-electron chi connectivity index (χ4n) is 4.82. The molecule has 186 valence electrons. The van der Waals surface area contributed by atoms with Crippen molar-refractivity contribution in [1.29, 1.82) is 0 Å². The van der Waals surface area contributed by atoms with Crippen molar-refractivity contribution in [2.45, 2.75) is 70.5 Å². The summed E-state index contributed by atoms with van der Waals surface area (Å²) in [4.78, 5) is 13.2. The molecule has 3 heterocycles. The lowest BCUT2D eigenvalue weighted by atomic mass is 9.89. The van der Waals surface area contributed by atoms with Gasteiger partial charge in [-0.25, -0.2) is 18.7 Å². The third-order valence-electron chi connectivity index (χ3n) is 7.05. The van der Waals surface area contributed by atoms with Crippen molar-refractivity contribution in [3.05, 3.63) is 47.3 Å². The SMILES string of the molecule is CCc1cnc(N2CCC(Oc3c(F)cc(C4CCN(CC[C@H](C)O)CC4)cc3F)CC2)nc1. The van der Waals surface area contributed by atoms with Gasteiger partial charge in [0.1, 0.15) is 6.10 Å². The molecule has 0 spiro atoms. The summed E-state index contributed by atoms with van der Waals surface area (Å²) in [6.45, 7) is 7.84. The first-order chi connectivity index (χ1) is 16.4. The molecule has 0 bridgehead atoms. The number of nitrogens with zero attached hydrogens (tertiary/aromatic N) is 4. The Morgan fingerprint density at radius 1 is 1.03 bits per heavy atom. The van der Waals surface area contributed by atoms with Gasteiger partial charge in [0.25, 0.3) is 0 Å². The van der Waals surface area contributed by atoms with Gasteiger partial charge in [-0.3, -0.25) is 0 Å². The molecule has 0 aliphatic carbocycles. The Balaban J connectivity index is 1.30. The van der Waals surface area contributed by atoms with Crippen molar-refractivity contribution in [3.8, 4) is 5.75 Å². The highest BCUT2D eigenvalue weighted by Gasteiger charge is 2.27. The number of ether oxygens (including phenoxy) is 1. The summed E-state index contributed by atoms with van der Waals surface area (Å²) >= 11 is 0. The van der Waals surface area contributed by atoms with Crippen LogP contribution in [0.1, 0.15) is 63.0 Å². The van der Waals surface area contributed by atoms with Crippen LogP contribution in [-0.4, -0.2) is 64.9 Å². The fraction of sp³-hybridized carbons (Fsp3) is 0.615.